The Balaban J connectivity index is 1.53. The summed E-state index contributed by atoms with van der Waals surface area (Å²) in [6.07, 6.45) is 3.03. The molecule has 1 saturated heterocycles. The predicted molar refractivity (Wildman–Crippen MR) is 85.5 cm³/mol. The van der Waals surface area contributed by atoms with Crippen LogP contribution in [0.4, 0.5) is 0 Å². The van der Waals surface area contributed by atoms with Crippen molar-refractivity contribution in [1.29, 1.82) is 0 Å². The number of hydrogen-bond donors (Lipinski definition) is 2. The molecule has 0 radical (unpaired) electrons. The zero-order chi connectivity index (χ0) is 16.2. The summed E-state index contributed by atoms with van der Waals surface area (Å²) in [5.41, 5.74) is 1.53. The maximum absolute atomic E-state index is 12.4. The van der Waals surface area contributed by atoms with Crippen molar-refractivity contribution < 1.29 is 14.3 Å². The minimum Gasteiger partial charge on any atom is -0.379 e. The molecule has 7 heteroatoms. The highest BCUT2D eigenvalue weighted by molar-refractivity contribution is 5.92. The van der Waals surface area contributed by atoms with Crippen LogP contribution in [0.25, 0.3) is 0 Å². The summed E-state index contributed by atoms with van der Waals surface area (Å²) in [7, 11) is 4.02. The van der Waals surface area contributed by atoms with Crippen LogP contribution in [0.5, 0.6) is 0 Å². The lowest BCUT2D eigenvalue weighted by molar-refractivity contribution is -0.0691. The highest BCUT2D eigenvalue weighted by Crippen LogP contribution is 2.38. The van der Waals surface area contributed by atoms with E-state index in [0.717, 1.165) is 18.7 Å². The summed E-state index contributed by atoms with van der Waals surface area (Å²) in [5.74, 6) is 0.426. The van der Waals surface area contributed by atoms with Gasteiger partial charge in [0.25, 0.3) is 5.91 Å². The van der Waals surface area contributed by atoms with Crippen molar-refractivity contribution in [2.45, 2.75) is 37.3 Å². The summed E-state index contributed by atoms with van der Waals surface area (Å²) in [6, 6.07) is 1.84. The van der Waals surface area contributed by atoms with Gasteiger partial charge in [-0.15, -0.1) is 0 Å². The number of likely N-dealkylation sites (N-methyl/N-ethyl adjacent to an activating group) is 1. The Kier molecular flexibility index (Phi) is 5.30. The van der Waals surface area contributed by atoms with Crippen molar-refractivity contribution in [1.82, 2.24) is 20.4 Å². The third kappa shape index (κ3) is 4.53. The van der Waals surface area contributed by atoms with Crippen LogP contribution in [-0.2, 0) is 9.47 Å². The number of H-pyrrole nitrogens is 1. The number of hydrogen-bond acceptors (Lipinski definition) is 5. The largest absolute Gasteiger partial charge is 0.379 e. The zero-order valence-electron chi connectivity index (χ0n) is 13.9. The first-order valence-corrected chi connectivity index (χ1v) is 8.33. The van der Waals surface area contributed by atoms with Crippen molar-refractivity contribution in [3.8, 4) is 0 Å². The maximum atomic E-state index is 12.4. The number of nitrogens with zero attached hydrogens (tertiary/aromatic N) is 2. The smallest absolute Gasteiger partial charge is 0.272 e. The van der Waals surface area contributed by atoms with Crippen LogP contribution in [0.2, 0.25) is 0 Å². The molecule has 0 bridgehead atoms. The average Bonchev–Trinajstić information content (AvgIpc) is 3.26. The molecule has 2 fully saturated rings. The normalized spacial score (nSPS) is 24.8. The Bertz CT molecular complexity index is 527. The number of aromatic nitrogens is 2. The average molecular weight is 322 g/mol. The molecule has 2 atom stereocenters. The van der Waals surface area contributed by atoms with E-state index in [-0.39, 0.29) is 18.1 Å². The number of aromatic amines is 1. The molecule has 2 N–H and O–H groups in total. The van der Waals surface area contributed by atoms with E-state index in [9.17, 15) is 4.79 Å². The molecule has 3 rings (SSSR count). The lowest BCUT2D eigenvalue weighted by atomic mass is 10.1. The quantitative estimate of drug-likeness (QED) is 0.774. The second-order valence-corrected chi connectivity index (χ2v) is 6.64. The minimum absolute atomic E-state index is 0.0283. The van der Waals surface area contributed by atoms with E-state index < -0.39 is 0 Å². The van der Waals surface area contributed by atoms with Crippen molar-refractivity contribution in [2.24, 2.45) is 0 Å². The predicted octanol–water partition coefficient (Wildman–Crippen LogP) is 0.753. The Morgan fingerprint density at radius 1 is 1.48 bits per heavy atom. The third-order valence-corrected chi connectivity index (χ3v) is 4.34. The van der Waals surface area contributed by atoms with E-state index >= 15 is 0 Å². The van der Waals surface area contributed by atoms with Crippen molar-refractivity contribution in [3.63, 3.8) is 0 Å². The van der Waals surface area contributed by atoms with Gasteiger partial charge in [-0.2, -0.15) is 5.10 Å². The maximum Gasteiger partial charge on any atom is 0.272 e. The summed E-state index contributed by atoms with van der Waals surface area (Å²) < 4.78 is 11.4. The second-order valence-electron chi connectivity index (χ2n) is 6.64. The summed E-state index contributed by atoms with van der Waals surface area (Å²) in [5, 5.41) is 10.2. The molecule has 7 nitrogen and oxygen atoms in total. The number of ether oxygens (including phenoxy) is 2. The fourth-order valence-electron chi connectivity index (χ4n) is 2.73. The Labute approximate surface area is 136 Å². The van der Waals surface area contributed by atoms with E-state index in [2.05, 4.69) is 20.4 Å². The molecule has 1 aromatic heterocycles. The third-order valence-electron chi connectivity index (χ3n) is 4.34. The number of amides is 1. The molecule has 128 valence electrons. The topological polar surface area (TPSA) is 79.5 Å². The van der Waals surface area contributed by atoms with E-state index in [1.165, 1.54) is 12.8 Å². The number of rotatable bonds is 7. The van der Waals surface area contributed by atoms with Gasteiger partial charge in [-0.25, -0.2) is 0 Å². The van der Waals surface area contributed by atoms with Crippen LogP contribution < -0.4 is 5.32 Å². The molecule has 0 unspecified atom stereocenters. The van der Waals surface area contributed by atoms with Gasteiger partial charge in [0, 0.05) is 24.8 Å². The van der Waals surface area contributed by atoms with E-state index in [1.807, 2.05) is 20.2 Å². The van der Waals surface area contributed by atoms with Gasteiger partial charge in [0.05, 0.1) is 19.3 Å². The fraction of sp³-hybridized carbons (Fsp3) is 0.750. The molecule has 1 aromatic rings. The van der Waals surface area contributed by atoms with Crippen molar-refractivity contribution in [2.75, 3.05) is 40.5 Å². The first kappa shape index (κ1) is 16.4. The molecule has 2 aliphatic rings. The van der Waals surface area contributed by atoms with Gasteiger partial charge in [0.1, 0.15) is 11.8 Å². The molecule has 1 amide bonds. The molecule has 0 spiro atoms. The van der Waals surface area contributed by atoms with E-state index in [4.69, 9.17) is 9.47 Å². The second kappa shape index (κ2) is 7.42. The number of nitrogens with one attached hydrogen (secondary N) is 2. The van der Waals surface area contributed by atoms with Crippen LogP contribution in [0.3, 0.4) is 0 Å². The van der Waals surface area contributed by atoms with Gasteiger partial charge in [0.15, 0.2) is 0 Å². The first-order valence-electron chi connectivity index (χ1n) is 8.33. The number of carbonyl (C=O) groups is 1. The van der Waals surface area contributed by atoms with Gasteiger partial charge >= 0.3 is 0 Å². The Morgan fingerprint density at radius 3 is 3.04 bits per heavy atom. The van der Waals surface area contributed by atoms with Crippen LogP contribution in [0.1, 0.15) is 41.4 Å². The van der Waals surface area contributed by atoms with Crippen molar-refractivity contribution in [3.05, 3.63) is 17.5 Å². The monoisotopic (exact) mass is 322 g/mol. The van der Waals surface area contributed by atoms with Gasteiger partial charge in [-0.3, -0.25) is 9.89 Å². The summed E-state index contributed by atoms with van der Waals surface area (Å²) in [4.78, 5) is 14.5. The molecule has 2 heterocycles. The fourth-order valence-corrected chi connectivity index (χ4v) is 2.73. The molecular formula is C16H26N4O3. The molecule has 1 aliphatic heterocycles. The van der Waals surface area contributed by atoms with Crippen LogP contribution in [0, 0.1) is 0 Å². The lowest BCUT2D eigenvalue weighted by Gasteiger charge is -2.32. The summed E-state index contributed by atoms with van der Waals surface area (Å²) >= 11 is 0. The lowest BCUT2D eigenvalue weighted by Crippen LogP contribution is -2.50. The molecule has 23 heavy (non-hydrogen) atoms. The standard InChI is InChI=1S/C16H26N4O3/c1-20(2)6-8-23-15-10-22-7-5-12(15)17-16(21)14-9-13(18-19-14)11-3-4-11/h9,11-12,15H,3-8,10H2,1-2H3,(H,17,21)(H,18,19)/t12-,15-/m1/s1. The molecule has 1 aliphatic carbocycles. The van der Waals surface area contributed by atoms with Crippen LogP contribution in [0.15, 0.2) is 6.07 Å². The van der Waals surface area contributed by atoms with Crippen LogP contribution in [-0.4, -0.2) is 73.6 Å². The van der Waals surface area contributed by atoms with Gasteiger partial charge in [-0.1, -0.05) is 0 Å². The Hall–Kier alpha value is -1.44. The first-order chi connectivity index (χ1) is 11.1. The van der Waals surface area contributed by atoms with Gasteiger partial charge in [0.2, 0.25) is 0 Å². The Morgan fingerprint density at radius 2 is 2.30 bits per heavy atom. The van der Waals surface area contributed by atoms with E-state index in [0.29, 0.717) is 31.4 Å². The SMILES string of the molecule is CN(C)CCO[C@@H]1COCC[C@H]1NC(=O)c1cc(C2CC2)[nH]n1. The molecular weight excluding hydrogens is 296 g/mol. The van der Waals surface area contributed by atoms with Crippen LogP contribution >= 0.6 is 0 Å². The zero-order valence-corrected chi connectivity index (χ0v) is 13.9. The van der Waals surface area contributed by atoms with Gasteiger partial charge < -0.3 is 19.7 Å². The van der Waals surface area contributed by atoms with E-state index in [1.54, 1.807) is 0 Å². The van der Waals surface area contributed by atoms with Gasteiger partial charge in [-0.05, 0) is 39.4 Å². The molecule has 0 aromatic carbocycles. The van der Waals surface area contributed by atoms with Crippen molar-refractivity contribution >= 4 is 5.91 Å². The molecule has 1 saturated carbocycles. The summed E-state index contributed by atoms with van der Waals surface area (Å²) in [6.45, 7) is 2.64. The minimum atomic E-state index is -0.138. The highest BCUT2D eigenvalue weighted by Gasteiger charge is 2.30. The highest BCUT2D eigenvalue weighted by atomic mass is 16.5. The number of carbonyl (C=O) groups excluding carboxylic acids is 1.